The van der Waals surface area contributed by atoms with Crippen LogP contribution in [0.15, 0.2) is 65.6 Å². The van der Waals surface area contributed by atoms with Crippen LogP contribution in [-0.4, -0.2) is 72.6 Å². The maximum absolute atomic E-state index is 13.5. The molecule has 222 valence electrons. The molecule has 1 atom stereocenters. The van der Waals surface area contributed by atoms with E-state index >= 15 is 0 Å². The van der Waals surface area contributed by atoms with Crippen LogP contribution in [-0.2, 0) is 36.4 Å². The largest absolute Gasteiger partial charge is 0.573 e. The summed E-state index contributed by atoms with van der Waals surface area (Å²) in [6.45, 7) is 5.35. The lowest BCUT2D eigenvalue weighted by molar-refractivity contribution is -0.274. The van der Waals surface area contributed by atoms with Gasteiger partial charge in [-0.05, 0) is 40.8 Å². The van der Waals surface area contributed by atoms with Gasteiger partial charge in [0.2, 0.25) is 21.8 Å². The van der Waals surface area contributed by atoms with Gasteiger partial charge in [0.15, 0.2) is 0 Å². The Morgan fingerprint density at radius 3 is 2.15 bits per heavy atom. The van der Waals surface area contributed by atoms with Crippen LogP contribution in [0.25, 0.3) is 0 Å². The topological polar surface area (TPSA) is 133 Å². The van der Waals surface area contributed by atoms with Gasteiger partial charge in [0.05, 0.1) is 4.90 Å². The van der Waals surface area contributed by atoms with Crippen LogP contribution in [0, 0.1) is 0 Å². The van der Waals surface area contributed by atoms with E-state index in [0.717, 1.165) is 50.7 Å². The average Bonchev–Trinajstić information content (AvgIpc) is 2.89. The Morgan fingerprint density at radius 1 is 1.00 bits per heavy atom. The molecule has 2 aromatic rings. The number of amides is 2. The summed E-state index contributed by atoms with van der Waals surface area (Å²) in [6.07, 6.45) is -3.53. The Bertz CT molecular complexity index is 1400. The predicted molar refractivity (Wildman–Crippen MR) is 141 cm³/mol. The number of alkyl halides is 3. The van der Waals surface area contributed by atoms with Crippen LogP contribution in [0.1, 0.15) is 31.9 Å². The molecule has 1 fully saturated rings. The van der Waals surface area contributed by atoms with Crippen LogP contribution in [0.2, 0.25) is 0 Å². The first-order valence-electron chi connectivity index (χ1n) is 12.4. The molecule has 14 heteroatoms. The third-order valence-electron chi connectivity index (χ3n) is 6.26. The van der Waals surface area contributed by atoms with Crippen molar-refractivity contribution in [1.29, 1.82) is 0 Å². The number of nitrogens with one attached hydrogen (secondary N) is 1. The molecule has 1 aliphatic rings. The third kappa shape index (κ3) is 8.54. The molecule has 2 N–H and O–H groups in total. The van der Waals surface area contributed by atoms with Crippen molar-refractivity contribution in [3.05, 3.63) is 71.8 Å². The lowest BCUT2D eigenvalue weighted by atomic mass is 9.87. The third-order valence-corrected chi connectivity index (χ3v) is 8.19. The van der Waals surface area contributed by atoms with Gasteiger partial charge in [-0.2, -0.15) is 4.31 Å². The van der Waals surface area contributed by atoms with E-state index in [4.69, 9.17) is 5.11 Å². The van der Waals surface area contributed by atoms with Gasteiger partial charge >= 0.3 is 12.3 Å². The molecule has 10 nitrogen and oxygen atoms in total. The zero-order valence-electron chi connectivity index (χ0n) is 22.5. The molecule has 0 aliphatic carbocycles. The quantitative estimate of drug-likeness (QED) is 0.447. The van der Waals surface area contributed by atoms with Crippen molar-refractivity contribution >= 4 is 27.8 Å². The van der Waals surface area contributed by atoms with Gasteiger partial charge in [-0.15, -0.1) is 13.2 Å². The molecule has 0 spiro atoms. The summed E-state index contributed by atoms with van der Waals surface area (Å²) >= 11 is 0. The molecule has 1 heterocycles. The number of hydrogen-bond donors (Lipinski definition) is 2. The molecule has 0 radical (unpaired) electrons. The van der Waals surface area contributed by atoms with Crippen LogP contribution in [0.4, 0.5) is 13.2 Å². The molecule has 2 aromatic carbocycles. The minimum absolute atomic E-state index is 0.0595. The number of hydrogen-bond acceptors (Lipinski definition) is 6. The molecular formula is C27H30F3N3O7S. The Balaban J connectivity index is 1.84. The molecule has 3 rings (SSSR count). The maximum Gasteiger partial charge on any atom is 0.573 e. The molecule has 1 aliphatic heterocycles. The van der Waals surface area contributed by atoms with Crippen molar-refractivity contribution in [3.8, 4) is 5.75 Å². The zero-order chi connectivity index (χ0) is 30.6. The summed E-state index contributed by atoms with van der Waals surface area (Å²) in [6, 6.07) is 9.61. The van der Waals surface area contributed by atoms with Crippen molar-refractivity contribution in [2.24, 2.45) is 0 Å². The van der Waals surface area contributed by atoms with E-state index in [1.165, 1.54) is 0 Å². The number of carbonyl (C=O) groups excluding carboxylic acids is 2. The number of halogens is 3. The monoisotopic (exact) mass is 597 g/mol. The molecular weight excluding hydrogens is 567 g/mol. The number of benzene rings is 2. The van der Waals surface area contributed by atoms with Crippen molar-refractivity contribution in [2.45, 2.75) is 50.0 Å². The summed E-state index contributed by atoms with van der Waals surface area (Å²) < 4.78 is 69.2. The number of carbonyl (C=O) groups is 3. The van der Waals surface area contributed by atoms with Gasteiger partial charge in [0.25, 0.3) is 0 Å². The van der Waals surface area contributed by atoms with E-state index < -0.39 is 46.0 Å². The summed E-state index contributed by atoms with van der Waals surface area (Å²) in [5.74, 6) is -3.42. The fourth-order valence-corrected chi connectivity index (χ4v) is 5.66. The van der Waals surface area contributed by atoms with Crippen LogP contribution < -0.4 is 10.1 Å². The van der Waals surface area contributed by atoms with Gasteiger partial charge in [-0.1, -0.05) is 45.0 Å². The van der Waals surface area contributed by atoms with E-state index in [-0.39, 0.29) is 36.5 Å². The van der Waals surface area contributed by atoms with E-state index in [0.29, 0.717) is 6.08 Å². The Kier molecular flexibility index (Phi) is 9.49. The van der Waals surface area contributed by atoms with Gasteiger partial charge in [-0.3, -0.25) is 9.59 Å². The Morgan fingerprint density at radius 2 is 1.61 bits per heavy atom. The first kappa shape index (κ1) is 31.6. The molecule has 0 bridgehead atoms. The summed E-state index contributed by atoms with van der Waals surface area (Å²) in [4.78, 5) is 37.4. The van der Waals surface area contributed by atoms with Crippen LogP contribution >= 0.6 is 0 Å². The van der Waals surface area contributed by atoms with Crippen molar-refractivity contribution in [2.75, 3.05) is 19.6 Å². The average molecular weight is 598 g/mol. The van der Waals surface area contributed by atoms with Crippen molar-refractivity contribution in [3.63, 3.8) is 0 Å². The number of ether oxygens (including phenoxy) is 1. The molecule has 0 unspecified atom stereocenters. The summed E-state index contributed by atoms with van der Waals surface area (Å²) in [7, 11) is -4.41. The van der Waals surface area contributed by atoms with Gasteiger partial charge in [0, 0.05) is 38.3 Å². The summed E-state index contributed by atoms with van der Waals surface area (Å²) in [5.41, 5.74) is 1.74. The SMILES string of the molecule is CC(C)(C)c1ccc(CNC(=O)[C@H]2CN(C(=O)/C=C\C(=O)O)CCN2S(=O)(=O)c2ccc(OC(F)(F)F)cc2)cc1. The first-order valence-corrected chi connectivity index (χ1v) is 13.9. The number of carboxylic acid groups (broad SMARTS) is 1. The number of nitrogens with zero attached hydrogens (tertiary/aromatic N) is 2. The first-order chi connectivity index (χ1) is 19.0. The van der Waals surface area contributed by atoms with Gasteiger partial charge in [-0.25, -0.2) is 13.2 Å². The second-order valence-corrected chi connectivity index (χ2v) is 12.2. The molecule has 41 heavy (non-hydrogen) atoms. The lowest BCUT2D eigenvalue weighted by Gasteiger charge is -2.39. The van der Waals surface area contributed by atoms with E-state index in [9.17, 15) is 36.0 Å². The molecule has 1 saturated heterocycles. The normalized spacial score (nSPS) is 16.9. The number of piperazine rings is 1. The highest BCUT2D eigenvalue weighted by Gasteiger charge is 2.41. The van der Waals surface area contributed by atoms with Crippen molar-refractivity contribution < 1.29 is 45.8 Å². The van der Waals surface area contributed by atoms with Crippen molar-refractivity contribution in [1.82, 2.24) is 14.5 Å². The van der Waals surface area contributed by atoms with Crippen LogP contribution in [0.3, 0.4) is 0 Å². The lowest BCUT2D eigenvalue weighted by Crippen LogP contribution is -2.61. The number of sulfonamides is 1. The van der Waals surface area contributed by atoms with Gasteiger partial charge in [0.1, 0.15) is 11.8 Å². The van der Waals surface area contributed by atoms with E-state index in [1.807, 2.05) is 24.3 Å². The molecule has 0 saturated carbocycles. The fraction of sp³-hybridized carbons (Fsp3) is 0.370. The number of rotatable bonds is 8. The minimum Gasteiger partial charge on any atom is -0.478 e. The second kappa shape index (κ2) is 12.3. The number of aliphatic carboxylic acids is 1. The van der Waals surface area contributed by atoms with E-state index in [1.54, 1.807) is 0 Å². The standard InChI is InChI=1S/C27H30F3N3O7S/c1-26(2,3)19-6-4-18(5-7-19)16-31-25(37)22-17-32(23(34)12-13-24(35)36)14-15-33(22)41(38,39)21-10-8-20(9-11-21)40-27(28,29)30/h4-13,22H,14-17H2,1-3H3,(H,31,37)(H,35,36)/b13-12-/t22-/m1/s1. The maximum atomic E-state index is 13.5. The Hall–Kier alpha value is -3.91. The highest BCUT2D eigenvalue weighted by molar-refractivity contribution is 7.89. The summed E-state index contributed by atoms with van der Waals surface area (Å²) in [5, 5.41) is 11.5. The van der Waals surface area contributed by atoms with Crippen LogP contribution in [0.5, 0.6) is 5.75 Å². The fourth-order valence-electron chi connectivity index (χ4n) is 4.09. The Labute approximate surface area is 235 Å². The molecule has 2 amide bonds. The van der Waals surface area contributed by atoms with Gasteiger partial charge < -0.3 is 20.1 Å². The highest BCUT2D eigenvalue weighted by atomic mass is 32.2. The number of carboxylic acids is 1. The minimum atomic E-state index is -4.96. The van der Waals surface area contributed by atoms with E-state index in [2.05, 4.69) is 30.8 Å². The predicted octanol–water partition coefficient (Wildman–Crippen LogP) is 3.04. The zero-order valence-corrected chi connectivity index (χ0v) is 23.3. The molecule has 0 aromatic heterocycles. The highest BCUT2D eigenvalue weighted by Crippen LogP contribution is 2.27. The smallest absolute Gasteiger partial charge is 0.478 e. The second-order valence-electron chi connectivity index (χ2n) is 10.3.